The van der Waals surface area contributed by atoms with E-state index in [1.165, 1.54) is 65.2 Å². The van der Waals surface area contributed by atoms with Crippen molar-refractivity contribution in [3.8, 4) is 0 Å². The number of rotatable bonds is 6. The second kappa shape index (κ2) is 14.3. The summed E-state index contributed by atoms with van der Waals surface area (Å²) in [6.07, 6.45) is 11.2. The van der Waals surface area contributed by atoms with E-state index in [2.05, 4.69) is 104 Å². The van der Waals surface area contributed by atoms with Crippen LogP contribution in [0.4, 0.5) is 5.69 Å². The van der Waals surface area contributed by atoms with Gasteiger partial charge in [0.15, 0.2) is 0 Å². The summed E-state index contributed by atoms with van der Waals surface area (Å²) in [6, 6.07) is 19.2. The zero-order valence-electron chi connectivity index (χ0n) is 26.2. The van der Waals surface area contributed by atoms with Gasteiger partial charge in [-0.25, -0.2) is 8.42 Å². The van der Waals surface area contributed by atoms with Crippen LogP contribution in [0.15, 0.2) is 111 Å². The van der Waals surface area contributed by atoms with Gasteiger partial charge >= 0.3 is 0 Å². The van der Waals surface area contributed by atoms with Crippen LogP contribution in [0.25, 0.3) is 16.3 Å². The molecule has 45 heavy (non-hydrogen) atoms. The maximum absolute atomic E-state index is 10.4. The van der Waals surface area contributed by atoms with E-state index in [1.54, 1.807) is 12.1 Å². The highest BCUT2D eigenvalue weighted by atomic mass is 32.2. The van der Waals surface area contributed by atoms with Crippen LogP contribution in [0.1, 0.15) is 35.5 Å². The SMILES string of the molecule is CCN1/C(=C/C=C2C=C(/C=C/c3sc4ccc(C)cc4[n+]3CC)COC\2)Sc2ccc(C)cc21.Cc1ccc(S(=O)(=O)[O-])cc1. The van der Waals surface area contributed by atoms with Crippen molar-refractivity contribution in [2.45, 2.75) is 51.0 Å². The Balaban J connectivity index is 0.000000309. The zero-order valence-corrected chi connectivity index (χ0v) is 28.7. The van der Waals surface area contributed by atoms with E-state index >= 15 is 0 Å². The van der Waals surface area contributed by atoms with Crippen LogP contribution in [0, 0.1) is 20.8 Å². The largest absolute Gasteiger partial charge is 0.744 e. The number of anilines is 1. The fourth-order valence-corrected chi connectivity index (χ4v) is 7.87. The van der Waals surface area contributed by atoms with Gasteiger partial charge in [-0.2, -0.15) is 4.57 Å². The molecule has 6 rings (SSSR count). The average Bonchev–Trinajstić information content (AvgIpc) is 3.55. The van der Waals surface area contributed by atoms with Crippen LogP contribution < -0.4 is 9.47 Å². The molecule has 2 aliphatic heterocycles. The van der Waals surface area contributed by atoms with Gasteiger partial charge in [-0.3, -0.25) is 0 Å². The molecule has 2 aliphatic rings. The number of hydrogen-bond donors (Lipinski definition) is 0. The molecule has 0 N–H and O–H groups in total. The molecule has 0 saturated heterocycles. The first-order valence-corrected chi connectivity index (χ1v) is 18.0. The van der Waals surface area contributed by atoms with Crippen molar-refractivity contribution in [3.05, 3.63) is 123 Å². The third-order valence-corrected chi connectivity index (χ3v) is 10.6. The number of hydrogen-bond acceptors (Lipinski definition) is 7. The van der Waals surface area contributed by atoms with Crippen LogP contribution >= 0.6 is 23.1 Å². The topological polar surface area (TPSA) is 73.5 Å². The van der Waals surface area contributed by atoms with Crippen LogP contribution in [0.3, 0.4) is 0 Å². The van der Waals surface area contributed by atoms with Gasteiger partial charge in [-0.1, -0.05) is 65.1 Å². The highest BCUT2D eigenvalue weighted by Crippen LogP contribution is 2.46. The van der Waals surface area contributed by atoms with E-state index in [4.69, 9.17) is 4.74 Å². The maximum Gasteiger partial charge on any atom is 0.262 e. The predicted molar refractivity (Wildman–Crippen MR) is 186 cm³/mol. The Bertz CT molecular complexity index is 1930. The maximum atomic E-state index is 10.4. The van der Waals surface area contributed by atoms with Crippen LogP contribution in [-0.4, -0.2) is 32.7 Å². The number of fused-ring (bicyclic) bond motifs is 2. The van der Waals surface area contributed by atoms with Gasteiger partial charge in [0, 0.05) is 23.6 Å². The molecule has 6 nitrogen and oxygen atoms in total. The predicted octanol–water partition coefficient (Wildman–Crippen LogP) is 8.09. The molecule has 0 aliphatic carbocycles. The van der Waals surface area contributed by atoms with E-state index in [9.17, 15) is 13.0 Å². The lowest BCUT2D eigenvalue weighted by Crippen LogP contribution is -2.33. The zero-order chi connectivity index (χ0) is 32.1. The van der Waals surface area contributed by atoms with E-state index in [1.807, 2.05) is 30.0 Å². The van der Waals surface area contributed by atoms with Gasteiger partial charge in [-0.15, -0.1) is 0 Å². The van der Waals surface area contributed by atoms with Crippen LogP contribution in [-0.2, 0) is 21.4 Å². The molecule has 0 amide bonds. The lowest BCUT2D eigenvalue weighted by atomic mass is 10.1. The second-order valence-electron chi connectivity index (χ2n) is 11.0. The molecule has 0 atom stereocenters. The molecule has 0 fully saturated rings. The van der Waals surface area contributed by atoms with Crippen molar-refractivity contribution in [3.63, 3.8) is 0 Å². The molecule has 234 valence electrons. The minimum Gasteiger partial charge on any atom is -0.744 e. The van der Waals surface area contributed by atoms with E-state index in [0.717, 1.165) is 18.7 Å². The van der Waals surface area contributed by atoms with Crippen molar-refractivity contribution >= 4 is 55.2 Å². The minimum atomic E-state index is -4.27. The molecular formula is C36H38N2O4S3. The number of aromatic nitrogens is 1. The molecule has 0 unspecified atom stereocenters. The van der Waals surface area contributed by atoms with Gasteiger partial charge in [0.1, 0.15) is 21.4 Å². The van der Waals surface area contributed by atoms with E-state index < -0.39 is 10.1 Å². The summed E-state index contributed by atoms with van der Waals surface area (Å²) in [4.78, 5) is 3.55. The van der Waals surface area contributed by atoms with Gasteiger partial charge < -0.3 is 14.2 Å². The van der Waals surface area contributed by atoms with Gasteiger partial charge in [0.05, 0.1) is 28.8 Å². The monoisotopic (exact) mass is 658 g/mol. The lowest BCUT2D eigenvalue weighted by Gasteiger charge is -2.18. The van der Waals surface area contributed by atoms with Crippen molar-refractivity contribution < 1.29 is 22.3 Å². The molecule has 3 aromatic carbocycles. The van der Waals surface area contributed by atoms with Gasteiger partial charge in [-0.05, 0) is 99.4 Å². The Labute approximate surface area is 274 Å². The summed E-state index contributed by atoms with van der Waals surface area (Å²) in [5.74, 6) is 0. The summed E-state index contributed by atoms with van der Waals surface area (Å²) >= 11 is 3.69. The molecule has 3 heterocycles. The molecule has 1 aromatic heterocycles. The standard InChI is InChI=1S/C29H31N2OS2.C7H8O3S/c1-5-30-24-15-20(3)7-11-26(24)33-28(30)13-9-22-17-23(19-32-18-22)10-14-29-31(6-2)25-16-21(4)8-12-27(25)34-29;1-6-2-4-7(5-3-6)11(8,9)10/h7-17H,5-6,18-19H2,1-4H3;2-5H,1H3,(H,8,9,10)/q+1;/p-1. The number of benzene rings is 3. The van der Waals surface area contributed by atoms with Crippen molar-refractivity contribution in [2.24, 2.45) is 0 Å². The minimum absolute atomic E-state index is 0.178. The Morgan fingerprint density at radius 1 is 0.911 bits per heavy atom. The molecule has 4 aromatic rings. The van der Waals surface area contributed by atoms with Crippen LogP contribution in [0.5, 0.6) is 0 Å². The number of allylic oxidation sites excluding steroid dienone is 2. The number of nitrogens with zero attached hydrogens (tertiary/aromatic N) is 2. The molecular weight excluding hydrogens is 621 g/mol. The number of ether oxygens (including phenoxy) is 1. The van der Waals surface area contributed by atoms with Crippen LogP contribution in [0.2, 0.25) is 0 Å². The number of aryl methyl sites for hydroxylation is 4. The van der Waals surface area contributed by atoms with Gasteiger partial charge in [0.2, 0.25) is 5.52 Å². The first-order chi connectivity index (χ1) is 21.5. The second-order valence-corrected chi connectivity index (χ2v) is 14.5. The third-order valence-electron chi connectivity index (χ3n) is 7.50. The fourth-order valence-electron chi connectivity index (χ4n) is 5.18. The van der Waals surface area contributed by atoms with Gasteiger partial charge in [0.25, 0.3) is 5.01 Å². The molecule has 0 saturated carbocycles. The summed E-state index contributed by atoms with van der Waals surface area (Å²) in [5, 5.41) is 2.55. The highest BCUT2D eigenvalue weighted by Gasteiger charge is 2.23. The van der Waals surface area contributed by atoms with Crippen molar-refractivity contribution in [2.75, 3.05) is 24.7 Å². The average molecular weight is 659 g/mol. The lowest BCUT2D eigenvalue weighted by molar-refractivity contribution is -0.665. The smallest absolute Gasteiger partial charge is 0.262 e. The fraction of sp³-hybridized carbons (Fsp3) is 0.250. The number of thiazole rings is 1. The summed E-state index contributed by atoms with van der Waals surface area (Å²) < 4.78 is 40.8. The Kier molecular flexibility index (Phi) is 10.5. The first-order valence-electron chi connectivity index (χ1n) is 14.9. The van der Waals surface area contributed by atoms with E-state index in [-0.39, 0.29) is 4.90 Å². The molecule has 9 heteroatoms. The molecule has 0 spiro atoms. The normalized spacial score (nSPS) is 16.8. The molecule has 0 bridgehead atoms. The van der Waals surface area contributed by atoms with E-state index in [0.29, 0.717) is 13.2 Å². The summed E-state index contributed by atoms with van der Waals surface area (Å²) in [6.45, 7) is 13.8. The van der Waals surface area contributed by atoms with Crippen molar-refractivity contribution in [1.82, 2.24) is 0 Å². The summed E-state index contributed by atoms with van der Waals surface area (Å²) in [7, 11) is -4.27. The quantitative estimate of drug-likeness (QED) is 0.154. The molecule has 0 radical (unpaired) electrons. The number of thioether (sulfide) groups is 1. The first kappa shape index (κ1) is 32.9. The van der Waals surface area contributed by atoms with Crippen molar-refractivity contribution in [1.29, 1.82) is 0 Å². The summed E-state index contributed by atoms with van der Waals surface area (Å²) in [5.41, 5.74) is 8.58. The Hall–Kier alpha value is -3.47. The Morgan fingerprint density at radius 2 is 1.62 bits per heavy atom. The Morgan fingerprint density at radius 3 is 2.33 bits per heavy atom. The highest BCUT2D eigenvalue weighted by molar-refractivity contribution is 8.03. The third kappa shape index (κ3) is 8.04.